The second-order valence-corrected chi connectivity index (χ2v) is 3.78. The molecule has 2 rings (SSSR count). The summed E-state index contributed by atoms with van der Waals surface area (Å²) >= 11 is 0. The summed E-state index contributed by atoms with van der Waals surface area (Å²) in [7, 11) is 0. The van der Waals surface area contributed by atoms with Gasteiger partial charge in [0.05, 0.1) is 29.7 Å². The van der Waals surface area contributed by atoms with E-state index in [1.54, 1.807) is 12.3 Å². The summed E-state index contributed by atoms with van der Waals surface area (Å²) in [6.45, 7) is 0.237. The van der Waals surface area contributed by atoms with Crippen LogP contribution in [0.3, 0.4) is 0 Å². The van der Waals surface area contributed by atoms with Gasteiger partial charge in [0, 0.05) is 12.4 Å². The van der Waals surface area contributed by atoms with Crippen LogP contribution >= 0.6 is 0 Å². The molecule has 2 amide bonds. The molecule has 0 aromatic carbocycles. The average molecular weight is 273 g/mol. The lowest BCUT2D eigenvalue weighted by molar-refractivity contribution is 0.0696. The van der Waals surface area contributed by atoms with Crippen LogP contribution in [0.25, 0.3) is 0 Å². The quantitative estimate of drug-likeness (QED) is 0.761. The Kier molecular flexibility index (Phi) is 4.17. The molecule has 0 atom stereocenters. The van der Waals surface area contributed by atoms with Gasteiger partial charge in [0.15, 0.2) is 0 Å². The highest BCUT2D eigenvalue weighted by Crippen LogP contribution is 2.08. The molecule has 2 heterocycles. The monoisotopic (exact) mass is 273 g/mol. The molecule has 8 heteroatoms. The van der Waals surface area contributed by atoms with E-state index < -0.39 is 12.0 Å². The van der Waals surface area contributed by atoms with E-state index in [-0.39, 0.29) is 12.1 Å². The summed E-state index contributed by atoms with van der Waals surface area (Å²) in [6, 6.07) is 2.51. The lowest BCUT2D eigenvalue weighted by Crippen LogP contribution is -2.28. The summed E-state index contributed by atoms with van der Waals surface area (Å²) in [6.07, 6.45) is 5.51. The first-order valence-corrected chi connectivity index (χ1v) is 5.63. The number of aromatic nitrogens is 3. The number of rotatable bonds is 4. The van der Waals surface area contributed by atoms with Crippen LogP contribution in [0.5, 0.6) is 0 Å². The predicted molar refractivity (Wildman–Crippen MR) is 69.1 cm³/mol. The maximum absolute atomic E-state index is 11.6. The van der Waals surface area contributed by atoms with Gasteiger partial charge in [-0.05, 0) is 12.1 Å². The largest absolute Gasteiger partial charge is 0.478 e. The molecule has 0 aliphatic rings. The first-order valence-electron chi connectivity index (χ1n) is 5.63. The second kappa shape index (κ2) is 6.23. The number of urea groups is 1. The van der Waals surface area contributed by atoms with Gasteiger partial charge in [-0.2, -0.15) is 0 Å². The first kappa shape index (κ1) is 13.4. The summed E-state index contributed by atoms with van der Waals surface area (Å²) in [5, 5.41) is 13.9. The Balaban J connectivity index is 1.91. The number of hydrogen-bond acceptors (Lipinski definition) is 5. The van der Waals surface area contributed by atoms with Gasteiger partial charge >= 0.3 is 12.0 Å². The number of pyridine rings is 1. The minimum atomic E-state index is -1.11. The molecule has 102 valence electrons. The molecule has 0 aliphatic heterocycles. The van der Waals surface area contributed by atoms with E-state index in [1.807, 2.05) is 0 Å². The molecule has 2 aromatic heterocycles. The number of carboxylic acid groups (broad SMARTS) is 1. The third kappa shape index (κ3) is 3.73. The van der Waals surface area contributed by atoms with Crippen molar-refractivity contribution in [3.05, 3.63) is 48.3 Å². The highest BCUT2D eigenvalue weighted by atomic mass is 16.4. The Morgan fingerprint density at radius 3 is 2.80 bits per heavy atom. The number of amides is 2. The van der Waals surface area contributed by atoms with Crippen molar-refractivity contribution in [2.75, 3.05) is 5.32 Å². The Morgan fingerprint density at radius 1 is 1.25 bits per heavy atom. The molecule has 0 saturated carbocycles. The highest BCUT2D eigenvalue weighted by Gasteiger charge is 2.06. The van der Waals surface area contributed by atoms with Gasteiger partial charge in [-0.25, -0.2) is 19.6 Å². The SMILES string of the molecule is O=C(NCc1ccncn1)Nc1cncc(C(=O)O)c1. The Bertz CT molecular complexity index is 617. The van der Waals surface area contributed by atoms with Crippen molar-refractivity contribution in [2.24, 2.45) is 0 Å². The molecule has 8 nitrogen and oxygen atoms in total. The molecule has 0 aliphatic carbocycles. The number of carbonyl (C=O) groups is 2. The molecular weight excluding hydrogens is 262 g/mol. The van der Waals surface area contributed by atoms with Crippen molar-refractivity contribution in [1.82, 2.24) is 20.3 Å². The minimum Gasteiger partial charge on any atom is -0.478 e. The fourth-order valence-electron chi connectivity index (χ4n) is 1.39. The van der Waals surface area contributed by atoms with Crippen molar-refractivity contribution in [3.63, 3.8) is 0 Å². The Morgan fingerprint density at radius 2 is 2.10 bits per heavy atom. The van der Waals surface area contributed by atoms with Crippen molar-refractivity contribution < 1.29 is 14.7 Å². The van der Waals surface area contributed by atoms with Crippen molar-refractivity contribution in [3.8, 4) is 0 Å². The van der Waals surface area contributed by atoms with Crippen molar-refractivity contribution in [1.29, 1.82) is 0 Å². The van der Waals surface area contributed by atoms with Crippen molar-refractivity contribution in [2.45, 2.75) is 6.54 Å². The lowest BCUT2D eigenvalue weighted by atomic mass is 10.2. The number of nitrogens with one attached hydrogen (secondary N) is 2. The van der Waals surface area contributed by atoms with E-state index in [0.717, 1.165) is 0 Å². The standard InChI is InChI=1S/C12H11N5O3/c18-11(19)8-3-10(5-14-4-8)17-12(20)15-6-9-1-2-13-7-16-9/h1-5,7H,6H2,(H,18,19)(H2,15,17,20). The van der Waals surface area contributed by atoms with E-state index >= 15 is 0 Å². The van der Waals surface area contributed by atoms with Gasteiger partial charge in [0.25, 0.3) is 0 Å². The zero-order chi connectivity index (χ0) is 14.4. The number of hydrogen-bond donors (Lipinski definition) is 3. The molecule has 0 unspecified atom stereocenters. The molecule has 0 fully saturated rings. The summed E-state index contributed by atoms with van der Waals surface area (Å²) in [5.41, 5.74) is 0.955. The van der Waals surface area contributed by atoms with Gasteiger partial charge in [0.2, 0.25) is 0 Å². The Hall–Kier alpha value is -3.03. The van der Waals surface area contributed by atoms with Crippen LogP contribution in [0.2, 0.25) is 0 Å². The number of anilines is 1. The Labute approximate surface area is 113 Å². The van der Waals surface area contributed by atoms with Gasteiger partial charge in [-0.3, -0.25) is 4.98 Å². The zero-order valence-electron chi connectivity index (χ0n) is 10.3. The third-order valence-corrected chi connectivity index (χ3v) is 2.32. The summed E-state index contributed by atoms with van der Waals surface area (Å²) in [5.74, 6) is -1.11. The maximum atomic E-state index is 11.6. The maximum Gasteiger partial charge on any atom is 0.337 e. The fraction of sp³-hybridized carbons (Fsp3) is 0.0833. The molecule has 20 heavy (non-hydrogen) atoms. The van der Waals surface area contributed by atoms with Crippen LogP contribution in [-0.4, -0.2) is 32.1 Å². The molecule has 2 aromatic rings. The molecule has 3 N–H and O–H groups in total. The van der Waals surface area contributed by atoms with E-state index in [4.69, 9.17) is 5.11 Å². The smallest absolute Gasteiger partial charge is 0.337 e. The van der Waals surface area contributed by atoms with Gasteiger partial charge in [-0.1, -0.05) is 0 Å². The number of carboxylic acids is 1. The first-order chi connectivity index (χ1) is 9.65. The summed E-state index contributed by atoms with van der Waals surface area (Å²) in [4.78, 5) is 33.8. The fourth-order valence-corrected chi connectivity index (χ4v) is 1.39. The predicted octanol–water partition coefficient (Wildman–Crippen LogP) is 0.892. The molecule has 0 spiro atoms. The van der Waals surface area contributed by atoms with Gasteiger partial charge in [-0.15, -0.1) is 0 Å². The van der Waals surface area contributed by atoms with Crippen LogP contribution in [0.15, 0.2) is 37.1 Å². The normalized spacial score (nSPS) is 9.80. The van der Waals surface area contributed by atoms with E-state index in [1.165, 1.54) is 24.8 Å². The van der Waals surface area contributed by atoms with E-state index in [0.29, 0.717) is 11.4 Å². The zero-order valence-corrected chi connectivity index (χ0v) is 10.3. The number of aromatic carboxylic acids is 1. The van der Waals surface area contributed by atoms with Crippen LogP contribution < -0.4 is 10.6 Å². The highest BCUT2D eigenvalue weighted by molar-refractivity contribution is 5.92. The second-order valence-electron chi connectivity index (χ2n) is 3.78. The van der Waals surface area contributed by atoms with Crippen LogP contribution in [0, 0.1) is 0 Å². The lowest BCUT2D eigenvalue weighted by Gasteiger charge is -2.07. The van der Waals surface area contributed by atoms with Crippen LogP contribution in [-0.2, 0) is 6.54 Å². The molecule has 0 saturated heterocycles. The average Bonchev–Trinajstić information content (AvgIpc) is 2.46. The van der Waals surface area contributed by atoms with Crippen LogP contribution in [0.1, 0.15) is 16.1 Å². The molecule has 0 radical (unpaired) electrons. The van der Waals surface area contributed by atoms with Crippen LogP contribution in [0.4, 0.5) is 10.5 Å². The molecule has 0 bridgehead atoms. The minimum absolute atomic E-state index is 0.00130. The van der Waals surface area contributed by atoms with Gasteiger partial charge in [0.1, 0.15) is 6.33 Å². The number of nitrogens with zero attached hydrogens (tertiary/aromatic N) is 3. The van der Waals surface area contributed by atoms with Gasteiger partial charge < -0.3 is 15.7 Å². The van der Waals surface area contributed by atoms with Crippen molar-refractivity contribution >= 4 is 17.7 Å². The van der Waals surface area contributed by atoms with E-state index in [2.05, 4.69) is 25.6 Å². The number of carbonyl (C=O) groups excluding carboxylic acids is 1. The molecular formula is C12H11N5O3. The summed E-state index contributed by atoms with van der Waals surface area (Å²) < 4.78 is 0. The third-order valence-electron chi connectivity index (χ3n) is 2.32. The topological polar surface area (TPSA) is 117 Å². The van der Waals surface area contributed by atoms with E-state index in [9.17, 15) is 9.59 Å².